The maximum Gasteiger partial charge on any atom is 0.223 e. The fourth-order valence-corrected chi connectivity index (χ4v) is 2.10. The number of aromatic nitrogens is 1. The SMILES string of the molecule is C[C@@H]1CN(C(=O)CCc2ccccn2)CCN1. The van der Waals surface area contributed by atoms with Crippen molar-refractivity contribution < 1.29 is 4.79 Å². The number of carbonyl (C=O) groups is 1. The molecule has 1 aliphatic rings. The minimum atomic E-state index is 0.240. The smallest absolute Gasteiger partial charge is 0.223 e. The van der Waals surface area contributed by atoms with Gasteiger partial charge in [-0.25, -0.2) is 0 Å². The van der Waals surface area contributed by atoms with E-state index in [1.165, 1.54) is 0 Å². The molecule has 1 aromatic heterocycles. The Morgan fingerprint density at radius 1 is 1.59 bits per heavy atom. The fraction of sp³-hybridized carbons (Fsp3) is 0.538. The van der Waals surface area contributed by atoms with Crippen LogP contribution >= 0.6 is 0 Å². The Balaban J connectivity index is 1.81. The van der Waals surface area contributed by atoms with Crippen LogP contribution in [0.2, 0.25) is 0 Å². The van der Waals surface area contributed by atoms with E-state index >= 15 is 0 Å². The third-order valence-corrected chi connectivity index (χ3v) is 3.04. The van der Waals surface area contributed by atoms with Gasteiger partial charge in [-0.15, -0.1) is 0 Å². The minimum absolute atomic E-state index is 0.240. The van der Waals surface area contributed by atoms with Crippen molar-refractivity contribution in [1.82, 2.24) is 15.2 Å². The molecule has 92 valence electrons. The monoisotopic (exact) mass is 233 g/mol. The molecular formula is C13H19N3O. The molecule has 0 aliphatic carbocycles. The van der Waals surface area contributed by atoms with Gasteiger partial charge in [0.2, 0.25) is 5.91 Å². The average Bonchev–Trinajstić information content (AvgIpc) is 2.37. The highest BCUT2D eigenvalue weighted by molar-refractivity contribution is 5.76. The van der Waals surface area contributed by atoms with E-state index in [0.29, 0.717) is 12.5 Å². The third-order valence-electron chi connectivity index (χ3n) is 3.04. The topological polar surface area (TPSA) is 45.2 Å². The first kappa shape index (κ1) is 12.0. The molecule has 17 heavy (non-hydrogen) atoms. The van der Waals surface area contributed by atoms with Gasteiger partial charge in [-0.3, -0.25) is 9.78 Å². The highest BCUT2D eigenvalue weighted by Gasteiger charge is 2.19. The number of hydrogen-bond acceptors (Lipinski definition) is 3. The number of carbonyl (C=O) groups excluding carboxylic acids is 1. The zero-order chi connectivity index (χ0) is 12.1. The predicted octanol–water partition coefficient (Wildman–Crippen LogP) is 0.834. The Hall–Kier alpha value is -1.42. The Morgan fingerprint density at radius 2 is 2.47 bits per heavy atom. The highest BCUT2D eigenvalue weighted by Crippen LogP contribution is 2.05. The first-order valence-corrected chi connectivity index (χ1v) is 6.17. The summed E-state index contributed by atoms with van der Waals surface area (Å²) in [4.78, 5) is 18.2. The number of hydrogen-bond donors (Lipinski definition) is 1. The zero-order valence-corrected chi connectivity index (χ0v) is 10.2. The number of rotatable bonds is 3. The molecule has 2 heterocycles. The van der Waals surface area contributed by atoms with E-state index in [9.17, 15) is 4.79 Å². The van der Waals surface area contributed by atoms with Crippen molar-refractivity contribution in [3.63, 3.8) is 0 Å². The summed E-state index contributed by atoms with van der Waals surface area (Å²) in [6, 6.07) is 6.22. The van der Waals surface area contributed by atoms with Crippen molar-refractivity contribution in [3.05, 3.63) is 30.1 Å². The molecule has 0 spiro atoms. The molecule has 0 saturated carbocycles. The van der Waals surface area contributed by atoms with Crippen molar-refractivity contribution >= 4 is 5.91 Å². The van der Waals surface area contributed by atoms with Crippen LogP contribution in [0.15, 0.2) is 24.4 Å². The summed E-state index contributed by atoms with van der Waals surface area (Å²) >= 11 is 0. The van der Waals surface area contributed by atoms with Crippen LogP contribution in [0.25, 0.3) is 0 Å². The maximum absolute atomic E-state index is 12.0. The van der Waals surface area contributed by atoms with Gasteiger partial charge in [0.25, 0.3) is 0 Å². The maximum atomic E-state index is 12.0. The van der Waals surface area contributed by atoms with Crippen molar-refractivity contribution in [1.29, 1.82) is 0 Å². The van der Waals surface area contributed by atoms with Gasteiger partial charge < -0.3 is 10.2 Å². The van der Waals surface area contributed by atoms with Gasteiger partial charge in [-0.05, 0) is 25.5 Å². The molecule has 4 nitrogen and oxygen atoms in total. The number of amides is 1. The van der Waals surface area contributed by atoms with Crippen molar-refractivity contribution in [3.8, 4) is 0 Å². The van der Waals surface area contributed by atoms with Crippen LogP contribution in [-0.2, 0) is 11.2 Å². The van der Waals surface area contributed by atoms with E-state index in [-0.39, 0.29) is 5.91 Å². The van der Waals surface area contributed by atoms with E-state index in [0.717, 1.165) is 31.7 Å². The van der Waals surface area contributed by atoms with E-state index < -0.39 is 0 Å². The Kier molecular flexibility index (Phi) is 4.09. The summed E-state index contributed by atoms with van der Waals surface area (Å²) in [6.45, 7) is 4.65. The van der Waals surface area contributed by atoms with Gasteiger partial charge in [0.05, 0.1) is 0 Å². The lowest BCUT2D eigenvalue weighted by Gasteiger charge is -2.32. The summed E-state index contributed by atoms with van der Waals surface area (Å²) in [5.74, 6) is 0.240. The summed E-state index contributed by atoms with van der Waals surface area (Å²) in [5.41, 5.74) is 0.990. The summed E-state index contributed by atoms with van der Waals surface area (Å²) < 4.78 is 0. The lowest BCUT2D eigenvalue weighted by molar-refractivity contribution is -0.132. The second kappa shape index (κ2) is 5.77. The summed E-state index contributed by atoms with van der Waals surface area (Å²) in [7, 11) is 0. The van der Waals surface area contributed by atoms with Gasteiger partial charge >= 0.3 is 0 Å². The molecule has 4 heteroatoms. The molecule has 0 bridgehead atoms. The minimum Gasteiger partial charge on any atom is -0.340 e. The fourth-order valence-electron chi connectivity index (χ4n) is 2.10. The van der Waals surface area contributed by atoms with Crippen LogP contribution in [-0.4, -0.2) is 41.5 Å². The van der Waals surface area contributed by atoms with Crippen molar-refractivity contribution in [2.75, 3.05) is 19.6 Å². The number of piperazine rings is 1. The standard InChI is InChI=1S/C13H19N3O/c1-11-10-16(9-8-14-11)13(17)6-5-12-4-2-3-7-15-12/h2-4,7,11,14H,5-6,8-10H2,1H3/t11-/m1/s1. The van der Waals surface area contributed by atoms with Gasteiger partial charge in [0, 0.05) is 44.0 Å². The molecule has 1 atom stereocenters. The largest absolute Gasteiger partial charge is 0.340 e. The number of nitrogens with one attached hydrogen (secondary N) is 1. The van der Waals surface area contributed by atoms with Crippen molar-refractivity contribution in [2.24, 2.45) is 0 Å². The van der Waals surface area contributed by atoms with E-state index in [4.69, 9.17) is 0 Å². The Morgan fingerprint density at radius 3 is 3.18 bits per heavy atom. The third kappa shape index (κ3) is 3.53. The number of nitrogens with zero attached hydrogens (tertiary/aromatic N) is 2. The summed E-state index contributed by atoms with van der Waals surface area (Å²) in [6.07, 6.45) is 3.06. The molecule has 1 amide bonds. The van der Waals surface area contributed by atoms with E-state index in [1.807, 2.05) is 23.1 Å². The number of pyridine rings is 1. The molecule has 1 aliphatic heterocycles. The molecule has 1 aromatic rings. The Bertz CT molecular complexity index is 366. The molecule has 1 saturated heterocycles. The second-order valence-corrected chi connectivity index (χ2v) is 4.52. The lowest BCUT2D eigenvalue weighted by atomic mass is 10.1. The summed E-state index contributed by atoms with van der Waals surface area (Å²) in [5, 5.41) is 3.33. The quantitative estimate of drug-likeness (QED) is 0.841. The molecule has 1 N–H and O–H groups in total. The lowest BCUT2D eigenvalue weighted by Crippen LogP contribution is -2.51. The molecule has 2 rings (SSSR count). The van der Waals surface area contributed by atoms with Crippen LogP contribution in [0, 0.1) is 0 Å². The predicted molar refractivity (Wildman–Crippen MR) is 66.6 cm³/mol. The first-order valence-electron chi connectivity index (χ1n) is 6.17. The van der Waals surface area contributed by atoms with Crippen LogP contribution in [0.1, 0.15) is 19.0 Å². The molecular weight excluding hydrogens is 214 g/mol. The molecule has 1 fully saturated rings. The van der Waals surface area contributed by atoms with Gasteiger partial charge in [0.15, 0.2) is 0 Å². The van der Waals surface area contributed by atoms with Crippen molar-refractivity contribution in [2.45, 2.75) is 25.8 Å². The Labute approximate surface area is 102 Å². The van der Waals surface area contributed by atoms with Crippen LogP contribution in [0.4, 0.5) is 0 Å². The van der Waals surface area contributed by atoms with Gasteiger partial charge in [0.1, 0.15) is 0 Å². The molecule has 0 radical (unpaired) electrons. The van der Waals surface area contributed by atoms with Crippen LogP contribution < -0.4 is 5.32 Å². The van der Waals surface area contributed by atoms with Crippen LogP contribution in [0.5, 0.6) is 0 Å². The normalized spacial score (nSPS) is 20.3. The average molecular weight is 233 g/mol. The van der Waals surface area contributed by atoms with E-state index in [1.54, 1.807) is 6.20 Å². The first-order chi connectivity index (χ1) is 8.25. The van der Waals surface area contributed by atoms with Gasteiger partial charge in [-0.2, -0.15) is 0 Å². The molecule has 0 aromatic carbocycles. The number of aryl methyl sites for hydroxylation is 1. The van der Waals surface area contributed by atoms with Gasteiger partial charge in [-0.1, -0.05) is 6.07 Å². The second-order valence-electron chi connectivity index (χ2n) is 4.52. The van der Waals surface area contributed by atoms with Crippen LogP contribution in [0.3, 0.4) is 0 Å². The zero-order valence-electron chi connectivity index (χ0n) is 10.2. The highest BCUT2D eigenvalue weighted by atomic mass is 16.2. The molecule has 0 unspecified atom stereocenters. The van der Waals surface area contributed by atoms with E-state index in [2.05, 4.69) is 17.2 Å².